The first-order chi connectivity index (χ1) is 7.68. The van der Waals surface area contributed by atoms with Crippen LogP contribution in [0.5, 0.6) is 0 Å². The van der Waals surface area contributed by atoms with E-state index >= 15 is 0 Å². The molecule has 1 aromatic rings. The van der Waals surface area contributed by atoms with Gasteiger partial charge in [0, 0.05) is 18.9 Å². The van der Waals surface area contributed by atoms with Crippen molar-refractivity contribution in [1.82, 2.24) is 9.88 Å². The van der Waals surface area contributed by atoms with Crippen molar-refractivity contribution in [2.24, 2.45) is 5.92 Å². The van der Waals surface area contributed by atoms with Gasteiger partial charge in [-0.15, -0.1) is 0 Å². The average Bonchev–Trinajstić information content (AvgIpc) is 2.61. The number of aromatic nitrogens is 1. The fourth-order valence-corrected chi connectivity index (χ4v) is 2.33. The van der Waals surface area contributed by atoms with Gasteiger partial charge in [-0.25, -0.2) is 0 Å². The molecule has 2 unspecified atom stereocenters. The SMILES string of the molecule is CC1CCN(Cc2ccncc2)C1C(=O)O. The number of carboxylic acid groups (broad SMARTS) is 1. The van der Waals surface area contributed by atoms with Gasteiger partial charge in [-0.05, 0) is 36.6 Å². The molecule has 2 heterocycles. The smallest absolute Gasteiger partial charge is 0.321 e. The molecule has 0 amide bonds. The van der Waals surface area contributed by atoms with Gasteiger partial charge in [-0.2, -0.15) is 0 Å². The highest BCUT2D eigenvalue weighted by molar-refractivity contribution is 5.74. The molecule has 1 N–H and O–H groups in total. The van der Waals surface area contributed by atoms with E-state index in [1.54, 1.807) is 12.4 Å². The highest BCUT2D eigenvalue weighted by Gasteiger charge is 2.36. The van der Waals surface area contributed by atoms with E-state index in [4.69, 9.17) is 0 Å². The lowest BCUT2D eigenvalue weighted by atomic mass is 10.0. The number of hydrogen-bond acceptors (Lipinski definition) is 3. The van der Waals surface area contributed by atoms with Crippen LogP contribution in [-0.4, -0.2) is 33.5 Å². The van der Waals surface area contributed by atoms with Gasteiger partial charge < -0.3 is 5.11 Å². The van der Waals surface area contributed by atoms with Gasteiger partial charge in [0.15, 0.2) is 0 Å². The Bertz CT molecular complexity index is 367. The summed E-state index contributed by atoms with van der Waals surface area (Å²) in [5.41, 5.74) is 1.12. The van der Waals surface area contributed by atoms with Crippen LogP contribution in [0.3, 0.4) is 0 Å². The van der Waals surface area contributed by atoms with Crippen LogP contribution in [0, 0.1) is 5.92 Å². The second-order valence-electron chi connectivity index (χ2n) is 4.37. The number of nitrogens with zero attached hydrogens (tertiary/aromatic N) is 2. The molecule has 1 aliphatic heterocycles. The van der Waals surface area contributed by atoms with E-state index < -0.39 is 5.97 Å². The molecule has 0 saturated carbocycles. The molecule has 2 rings (SSSR count). The van der Waals surface area contributed by atoms with Crippen LogP contribution in [0.2, 0.25) is 0 Å². The van der Waals surface area contributed by atoms with Crippen molar-refractivity contribution >= 4 is 5.97 Å². The predicted octanol–water partition coefficient (Wildman–Crippen LogP) is 1.38. The first kappa shape index (κ1) is 11.1. The van der Waals surface area contributed by atoms with Crippen LogP contribution in [0.25, 0.3) is 0 Å². The summed E-state index contributed by atoms with van der Waals surface area (Å²) >= 11 is 0. The first-order valence-corrected chi connectivity index (χ1v) is 5.54. The molecule has 0 radical (unpaired) electrons. The van der Waals surface area contributed by atoms with Crippen molar-refractivity contribution in [2.75, 3.05) is 6.54 Å². The van der Waals surface area contributed by atoms with E-state index in [-0.39, 0.29) is 12.0 Å². The topological polar surface area (TPSA) is 53.4 Å². The van der Waals surface area contributed by atoms with Crippen molar-refractivity contribution in [3.63, 3.8) is 0 Å². The number of carbonyl (C=O) groups is 1. The minimum atomic E-state index is -0.709. The highest BCUT2D eigenvalue weighted by Crippen LogP contribution is 2.25. The fraction of sp³-hybridized carbons (Fsp3) is 0.500. The maximum absolute atomic E-state index is 11.2. The van der Waals surface area contributed by atoms with Crippen molar-refractivity contribution in [1.29, 1.82) is 0 Å². The Morgan fingerprint density at radius 1 is 1.56 bits per heavy atom. The average molecular weight is 220 g/mol. The number of hydrogen-bond donors (Lipinski definition) is 1. The molecule has 0 aliphatic carbocycles. The zero-order valence-corrected chi connectivity index (χ0v) is 9.34. The third kappa shape index (κ3) is 2.22. The summed E-state index contributed by atoms with van der Waals surface area (Å²) in [6.45, 7) is 3.57. The molecule has 4 heteroatoms. The summed E-state index contributed by atoms with van der Waals surface area (Å²) in [7, 11) is 0. The minimum Gasteiger partial charge on any atom is -0.480 e. The Balaban J connectivity index is 2.07. The Kier molecular flexibility index (Phi) is 3.19. The quantitative estimate of drug-likeness (QED) is 0.836. The summed E-state index contributed by atoms with van der Waals surface area (Å²) in [4.78, 5) is 17.1. The number of carboxylic acids is 1. The van der Waals surface area contributed by atoms with E-state index in [9.17, 15) is 9.90 Å². The van der Waals surface area contributed by atoms with Crippen LogP contribution >= 0.6 is 0 Å². The molecule has 0 spiro atoms. The van der Waals surface area contributed by atoms with Crippen LogP contribution in [0.4, 0.5) is 0 Å². The molecule has 16 heavy (non-hydrogen) atoms. The maximum Gasteiger partial charge on any atom is 0.321 e. The van der Waals surface area contributed by atoms with Gasteiger partial charge >= 0.3 is 5.97 Å². The van der Waals surface area contributed by atoms with E-state index in [2.05, 4.69) is 4.98 Å². The summed E-state index contributed by atoms with van der Waals surface area (Å²) in [6.07, 6.45) is 4.44. The second kappa shape index (κ2) is 4.61. The van der Waals surface area contributed by atoms with E-state index in [1.165, 1.54) is 0 Å². The number of pyridine rings is 1. The van der Waals surface area contributed by atoms with Crippen LogP contribution in [-0.2, 0) is 11.3 Å². The zero-order chi connectivity index (χ0) is 11.5. The zero-order valence-electron chi connectivity index (χ0n) is 9.34. The Morgan fingerprint density at radius 2 is 2.25 bits per heavy atom. The van der Waals surface area contributed by atoms with Crippen molar-refractivity contribution in [3.8, 4) is 0 Å². The van der Waals surface area contributed by atoms with Gasteiger partial charge in [0.2, 0.25) is 0 Å². The Morgan fingerprint density at radius 3 is 2.88 bits per heavy atom. The molecule has 1 saturated heterocycles. The molecule has 0 aromatic carbocycles. The molecule has 86 valence electrons. The van der Waals surface area contributed by atoms with Gasteiger partial charge in [-0.3, -0.25) is 14.7 Å². The lowest BCUT2D eigenvalue weighted by molar-refractivity contribution is -0.143. The molecule has 1 aromatic heterocycles. The number of likely N-dealkylation sites (tertiary alicyclic amines) is 1. The van der Waals surface area contributed by atoms with Crippen LogP contribution < -0.4 is 0 Å². The van der Waals surface area contributed by atoms with E-state index in [0.717, 1.165) is 18.5 Å². The maximum atomic E-state index is 11.2. The van der Waals surface area contributed by atoms with Gasteiger partial charge in [0.05, 0.1) is 0 Å². The molecule has 0 bridgehead atoms. The van der Waals surface area contributed by atoms with Gasteiger partial charge in [-0.1, -0.05) is 6.92 Å². The molecule has 1 fully saturated rings. The van der Waals surface area contributed by atoms with Crippen LogP contribution in [0.1, 0.15) is 18.9 Å². The van der Waals surface area contributed by atoms with Crippen LogP contribution in [0.15, 0.2) is 24.5 Å². The molecule has 1 aliphatic rings. The standard InChI is InChI=1S/C12H16N2O2/c1-9-4-7-14(11(9)12(15)16)8-10-2-5-13-6-3-10/h2-3,5-6,9,11H,4,7-8H2,1H3,(H,15,16). The molecule has 2 atom stereocenters. The van der Waals surface area contributed by atoms with E-state index in [0.29, 0.717) is 6.54 Å². The van der Waals surface area contributed by atoms with E-state index in [1.807, 2.05) is 24.0 Å². The normalized spacial score (nSPS) is 25.8. The predicted molar refractivity (Wildman–Crippen MR) is 59.9 cm³/mol. The van der Waals surface area contributed by atoms with Crippen molar-refractivity contribution < 1.29 is 9.90 Å². The highest BCUT2D eigenvalue weighted by atomic mass is 16.4. The van der Waals surface area contributed by atoms with Crippen molar-refractivity contribution in [3.05, 3.63) is 30.1 Å². The second-order valence-corrected chi connectivity index (χ2v) is 4.37. The molecular weight excluding hydrogens is 204 g/mol. The molecule has 4 nitrogen and oxygen atoms in total. The minimum absolute atomic E-state index is 0.235. The lowest BCUT2D eigenvalue weighted by Gasteiger charge is -2.22. The summed E-state index contributed by atoms with van der Waals surface area (Å²) in [5, 5.41) is 9.18. The number of rotatable bonds is 3. The fourth-order valence-electron chi connectivity index (χ4n) is 2.33. The first-order valence-electron chi connectivity index (χ1n) is 5.54. The van der Waals surface area contributed by atoms with Crippen molar-refractivity contribution in [2.45, 2.75) is 25.9 Å². The molecular formula is C12H16N2O2. The lowest BCUT2D eigenvalue weighted by Crippen LogP contribution is -2.38. The third-order valence-corrected chi connectivity index (χ3v) is 3.19. The summed E-state index contributed by atoms with van der Waals surface area (Å²) in [5.74, 6) is -0.474. The Labute approximate surface area is 94.9 Å². The largest absolute Gasteiger partial charge is 0.480 e. The third-order valence-electron chi connectivity index (χ3n) is 3.19. The van der Waals surface area contributed by atoms with Gasteiger partial charge in [0.1, 0.15) is 6.04 Å². The summed E-state index contributed by atoms with van der Waals surface area (Å²) in [6, 6.07) is 3.53. The summed E-state index contributed by atoms with van der Waals surface area (Å²) < 4.78 is 0. The van der Waals surface area contributed by atoms with Gasteiger partial charge in [0.25, 0.3) is 0 Å². The number of aliphatic carboxylic acids is 1. The Hall–Kier alpha value is -1.42. The monoisotopic (exact) mass is 220 g/mol.